The highest BCUT2D eigenvalue weighted by molar-refractivity contribution is 6.30. The summed E-state index contributed by atoms with van der Waals surface area (Å²) in [6, 6.07) is 10.8. The van der Waals surface area contributed by atoms with Crippen molar-refractivity contribution in [3.8, 4) is 0 Å². The molecule has 4 nitrogen and oxygen atoms in total. The zero-order valence-corrected chi connectivity index (χ0v) is 11.6. The van der Waals surface area contributed by atoms with Crippen LogP contribution in [0.15, 0.2) is 42.6 Å². The van der Waals surface area contributed by atoms with Crippen molar-refractivity contribution in [2.75, 3.05) is 0 Å². The van der Waals surface area contributed by atoms with Crippen LogP contribution in [-0.4, -0.2) is 16.8 Å². The fourth-order valence-corrected chi connectivity index (χ4v) is 1.98. The molecular formula is C15H15ClN2O2. The van der Waals surface area contributed by atoms with Crippen molar-refractivity contribution in [3.05, 3.63) is 58.9 Å². The molecule has 104 valence electrons. The highest BCUT2D eigenvalue weighted by Crippen LogP contribution is 2.09. The molecule has 0 bridgehead atoms. The number of halogens is 1. The fourth-order valence-electron chi connectivity index (χ4n) is 1.85. The van der Waals surface area contributed by atoms with Crippen LogP contribution in [0.4, 0.5) is 0 Å². The Morgan fingerprint density at radius 2 is 2.00 bits per heavy atom. The average Bonchev–Trinajstić information content (AvgIpc) is 2.92. The molecule has 1 N–H and O–H groups in total. The molecule has 2 aromatic rings. The van der Waals surface area contributed by atoms with E-state index in [0.717, 1.165) is 11.8 Å². The first-order valence-electron chi connectivity index (χ1n) is 6.30. The second-order valence-corrected chi connectivity index (χ2v) is 4.83. The Balaban J connectivity index is 1.78. The highest BCUT2D eigenvalue weighted by atomic mass is 35.5. The minimum atomic E-state index is -0.0505. The number of hydrogen-bond donors (Lipinski definition) is 1. The van der Waals surface area contributed by atoms with Crippen molar-refractivity contribution in [2.24, 2.45) is 0 Å². The first-order valence-corrected chi connectivity index (χ1v) is 6.68. The zero-order valence-electron chi connectivity index (χ0n) is 10.9. The molecule has 0 fully saturated rings. The van der Waals surface area contributed by atoms with Gasteiger partial charge in [-0.25, -0.2) is 0 Å². The molecule has 2 rings (SSSR count). The largest absolute Gasteiger partial charge is 0.352 e. The van der Waals surface area contributed by atoms with E-state index in [2.05, 4.69) is 5.32 Å². The molecule has 5 heteroatoms. The summed E-state index contributed by atoms with van der Waals surface area (Å²) in [6.45, 7) is 0.968. The first kappa shape index (κ1) is 14.3. The zero-order chi connectivity index (χ0) is 14.4. The van der Waals surface area contributed by atoms with Gasteiger partial charge in [-0.2, -0.15) is 0 Å². The summed E-state index contributed by atoms with van der Waals surface area (Å²) in [5.41, 5.74) is 1.58. The van der Waals surface area contributed by atoms with E-state index in [1.165, 1.54) is 0 Å². The van der Waals surface area contributed by atoms with Gasteiger partial charge in [0.15, 0.2) is 6.29 Å². The molecule has 0 aliphatic heterocycles. The number of amides is 1. The van der Waals surface area contributed by atoms with Gasteiger partial charge >= 0.3 is 0 Å². The topological polar surface area (TPSA) is 51.1 Å². The van der Waals surface area contributed by atoms with Gasteiger partial charge in [-0.1, -0.05) is 23.7 Å². The van der Waals surface area contributed by atoms with Crippen LogP contribution in [0.25, 0.3) is 0 Å². The molecule has 0 unspecified atom stereocenters. The summed E-state index contributed by atoms with van der Waals surface area (Å²) in [7, 11) is 0. The minimum Gasteiger partial charge on any atom is -0.352 e. The van der Waals surface area contributed by atoms with Crippen LogP contribution in [0.1, 0.15) is 22.5 Å². The second-order valence-electron chi connectivity index (χ2n) is 4.40. The van der Waals surface area contributed by atoms with Crippen molar-refractivity contribution >= 4 is 23.8 Å². The van der Waals surface area contributed by atoms with E-state index in [-0.39, 0.29) is 5.91 Å². The molecule has 0 radical (unpaired) electrons. The maximum atomic E-state index is 11.7. The normalized spacial score (nSPS) is 10.2. The summed E-state index contributed by atoms with van der Waals surface area (Å²) < 4.78 is 1.76. The SMILES string of the molecule is O=Cc1cccn1CCC(=O)NCc1ccc(Cl)cc1. The van der Waals surface area contributed by atoms with E-state index in [9.17, 15) is 9.59 Å². The van der Waals surface area contributed by atoms with E-state index in [4.69, 9.17) is 11.6 Å². The number of hydrogen-bond acceptors (Lipinski definition) is 2. The monoisotopic (exact) mass is 290 g/mol. The first-order chi connectivity index (χ1) is 9.69. The number of benzene rings is 1. The quantitative estimate of drug-likeness (QED) is 0.832. The fraction of sp³-hybridized carbons (Fsp3) is 0.200. The van der Waals surface area contributed by atoms with Crippen LogP contribution < -0.4 is 5.32 Å². The molecule has 1 heterocycles. The lowest BCUT2D eigenvalue weighted by molar-refractivity contribution is -0.121. The van der Waals surface area contributed by atoms with Gasteiger partial charge in [-0.3, -0.25) is 9.59 Å². The van der Waals surface area contributed by atoms with Crippen molar-refractivity contribution in [1.29, 1.82) is 0 Å². The van der Waals surface area contributed by atoms with Gasteiger partial charge < -0.3 is 9.88 Å². The summed E-state index contributed by atoms with van der Waals surface area (Å²) in [5, 5.41) is 3.51. The number of aryl methyl sites for hydroxylation is 1. The third-order valence-electron chi connectivity index (χ3n) is 2.97. The van der Waals surface area contributed by atoms with Gasteiger partial charge in [0.2, 0.25) is 5.91 Å². The lowest BCUT2D eigenvalue weighted by Crippen LogP contribution is -2.24. The molecule has 0 saturated heterocycles. The summed E-state index contributed by atoms with van der Waals surface area (Å²) >= 11 is 5.79. The lowest BCUT2D eigenvalue weighted by atomic mass is 10.2. The Morgan fingerprint density at radius 1 is 1.25 bits per heavy atom. The number of nitrogens with zero attached hydrogens (tertiary/aromatic N) is 1. The molecule has 0 spiro atoms. The number of carbonyl (C=O) groups excluding carboxylic acids is 2. The standard InChI is InChI=1S/C15H15ClN2O2/c16-13-5-3-12(4-6-13)10-17-15(20)7-9-18-8-1-2-14(18)11-19/h1-6,8,11H,7,9-10H2,(H,17,20). The van der Waals surface area contributed by atoms with Crippen LogP contribution in [0.2, 0.25) is 5.02 Å². The molecule has 0 atom stereocenters. The number of nitrogens with one attached hydrogen (secondary N) is 1. The number of aromatic nitrogens is 1. The van der Waals surface area contributed by atoms with Crippen molar-refractivity contribution in [2.45, 2.75) is 19.5 Å². The number of carbonyl (C=O) groups is 2. The Hall–Kier alpha value is -2.07. The van der Waals surface area contributed by atoms with Gasteiger partial charge in [-0.15, -0.1) is 0 Å². The maximum Gasteiger partial charge on any atom is 0.222 e. The van der Waals surface area contributed by atoms with Crippen LogP contribution in [0.3, 0.4) is 0 Å². The van der Waals surface area contributed by atoms with Crippen molar-refractivity contribution in [1.82, 2.24) is 9.88 Å². The third-order valence-corrected chi connectivity index (χ3v) is 3.22. The van der Waals surface area contributed by atoms with Gasteiger partial charge in [0, 0.05) is 30.7 Å². The second kappa shape index (κ2) is 6.91. The summed E-state index contributed by atoms with van der Waals surface area (Å²) in [5.74, 6) is -0.0505. The van der Waals surface area contributed by atoms with Gasteiger partial charge in [0.05, 0.1) is 5.69 Å². The smallest absolute Gasteiger partial charge is 0.222 e. The van der Waals surface area contributed by atoms with Crippen molar-refractivity contribution in [3.63, 3.8) is 0 Å². The van der Waals surface area contributed by atoms with Gasteiger partial charge in [0.1, 0.15) is 0 Å². The highest BCUT2D eigenvalue weighted by Gasteiger charge is 2.04. The van der Waals surface area contributed by atoms with Gasteiger partial charge in [0.25, 0.3) is 0 Å². The molecule has 0 saturated carbocycles. The molecule has 1 amide bonds. The molecule has 20 heavy (non-hydrogen) atoms. The van der Waals surface area contributed by atoms with E-state index in [1.54, 1.807) is 35.0 Å². The van der Waals surface area contributed by atoms with Crippen LogP contribution in [-0.2, 0) is 17.9 Å². The Morgan fingerprint density at radius 3 is 2.70 bits per heavy atom. The third kappa shape index (κ3) is 3.96. The van der Waals surface area contributed by atoms with Crippen LogP contribution in [0, 0.1) is 0 Å². The molecule has 1 aromatic carbocycles. The van der Waals surface area contributed by atoms with E-state index in [0.29, 0.717) is 30.2 Å². The average molecular weight is 291 g/mol. The lowest BCUT2D eigenvalue weighted by Gasteiger charge is -2.07. The molecule has 1 aromatic heterocycles. The molecule has 0 aliphatic rings. The predicted octanol–water partition coefficient (Wildman–Crippen LogP) is 2.66. The predicted molar refractivity (Wildman–Crippen MR) is 77.7 cm³/mol. The van der Waals surface area contributed by atoms with Crippen LogP contribution in [0.5, 0.6) is 0 Å². The van der Waals surface area contributed by atoms with E-state index >= 15 is 0 Å². The number of aldehydes is 1. The summed E-state index contributed by atoms with van der Waals surface area (Å²) in [4.78, 5) is 22.5. The van der Waals surface area contributed by atoms with Gasteiger partial charge in [-0.05, 0) is 29.8 Å². The Kier molecular flexibility index (Phi) is 4.96. The molecule has 0 aliphatic carbocycles. The van der Waals surface area contributed by atoms with Crippen molar-refractivity contribution < 1.29 is 9.59 Å². The summed E-state index contributed by atoms with van der Waals surface area (Å²) in [6.07, 6.45) is 2.91. The molecular weight excluding hydrogens is 276 g/mol. The minimum absolute atomic E-state index is 0.0505. The van der Waals surface area contributed by atoms with E-state index < -0.39 is 0 Å². The Bertz CT molecular complexity index is 590. The maximum absolute atomic E-state index is 11.7. The Labute approximate surface area is 122 Å². The van der Waals surface area contributed by atoms with E-state index in [1.807, 2.05) is 12.1 Å². The number of rotatable bonds is 6. The van der Waals surface area contributed by atoms with Crippen LogP contribution >= 0.6 is 11.6 Å².